The third-order valence-corrected chi connectivity index (χ3v) is 8.52. The van der Waals surface area contributed by atoms with Crippen molar-refractivity contribution in [1.82, 2.24) is 20.4 Å². The van der Waals surface area contributed by atoms with Gasteiger partial charge in [0.25, 0.3) is 5.91 Å². The van der Waals surface area contributed by atoms with Crippen molar-refractivity contribution in [2.75, 3.05) is 6.54 Å². The van der Waals surface area contributed by atoms with Gasteiger partial charge in [0.15, 0.2) is 0 Å². The quantitative estimate of drug-likeness (QED) is 0.490. The molecule has 186 valence electrons. The van der Waals surface area contributed by atoms with Gasteiger partial charge in [-0.1, -0.05) is 30.3 Å². The highest BCUT2D eigenvalue weighted by Crippen LogP contribution is 2.60. The molecule has 4 saturated carbocycles. The SMILES string of the molecule is O=C(NCCc1ccn(-c2ccccc2)n1)c1ccc(CNC(=O)C23CC4CC(CC(C4)C2)C3)cc1. The molecule has 36 heavy (non-hydrogen) atoms. The van der Waals surface area contributed by atoms with Crippen molar-refractivity contribution >= 4 is 11.8 Å². The van der Waals surface area contributed by atoms with Crippen LogP contribution in [-0.4, -0.2) is 28.1 Å². The number of benzene rings is 2. The Hall–Kier alpha value is -3.41. The zero-order chi connectivity index (χ0) is 24.5. The average Bonchev–Trinajstić information content (AvgIpc) is 3.36. The van der Waals surface area contributed by atoms with Crippen molar-refractivity contribution in [1.29, 1.82) is 0 Å². The van der Waals surface area contributed by atoms with Crippen molar-refractivity contribution in [2.45, 2.75) is 51.5 Å². The predicted octanol–water partition coefficient (Wildman–Crippen LogP) is 4.68. The maximum Gasteiger partial charge on any atom is 0.251 e. The largest absolute Gasteiger partial charge is 0.352 e. The number of hydrogen-bond acceptors (Lipinski definition) is 3. The number of carbonyl (C=O) groups excluding carboxylic acids is 2. The molecule has 2 N–H and O–H groups in total. The van der Waals surface area contributed by atoms with Crippen LogP contribution >= 0.6 is 0 Å². The Balaban J connectivity index is 0.974. The summed E-state index contributed by atoms with van der Waals surface area (Å²) < 4.78 is 1.85. The molecule has 0 atom stereocenters. The summed E-state index contributed by atoms with van der Waals surface area (Å²) >= 11 is 0. The molecule has 2 amide bonds. The van der Waals surface area contributed by atoms with Gasteiger partial charge in [0.2, 0.25) is 5.91 Å². The summed E-state index contributed by atoms with van der Waals surface area (Å²) in [5.41, 5.74) is 3.48. The number of hydrogen-bond donors (Lipinski definition) is 2. The van der Waals surface area contributed by atoms with Crippen molar-refractivity contribution in [3.8, 4) is 5.69 Å². The second-order valence-corrected chi connectivity index (χ2v) is 11.2. The van der Waals surface area contributed by atoms with Crippen LogP contribution in [0.5, 0.6) is 0 Å². The number of rotatable bonds is 8. The van der Waals surface area contributed by atoms with Crippen molar-refractivity contribution in [3.05, 3.63) is 83.7 Å². The van der Waals surface area contributed by atoms with E-state index >= 15 is 0 Å². The van der Waals surface area contributed by atoms with Gasteiger partial charge in [0.1, 0.15) is 0 Å². The molecule has 0 spiro atoms. The lowest BCUT2D eigenvalue weighted by Gasteiger charge is -2.55. The molecular weight excluding hydrogens is 448 g/mol. The molecule has 1 aromatic heterocycles. The van der Waals surface area contributed by atoms with Crippen molar-refractivity contribution < 1.29 is 9.59 Å². The maximum absolute atomic E-state index is 13.2. The molecule has 0 saturated heterocycles. The Morgan fingerprint density at radius 1 is 0.861 bits per heavy atom. The Morgan fingerprint density at radius 2 is 1.53 bits per heavy atom. The molecule has 4 aliphatic carbocycles. The summed E-state index contributed by atoms with van der Waals surface area (Å²) in [5.74, 6) is 2.44. The predicted molar refractivity (Wildman–Crippen MR) is 138 cm³/mol. The number of carbonyl (C=O) groups is 2. The van der Waals surface area contributed by atoms with Crippen LogP contribution in [0.25, 0.3) is 5.69 Å². The highest BCUT2D eigenvalue weighted by Gasteiger charge is 2.54. The molecule has 7 rings (SSSR count). The van der Waals surface area contributed by atoms with Gasteiger partial charge in [-0.15, -0.1) is 0 Å². The normalized spacial score (nSPS) is 26.1. The average molecular weight is 483 g/mol. The fourth-order valence-corrected chi connectivity index (χ4v) is 7.16. The number of nitrogens with one attached hydrogen (secondary N) is 2. The molecule has 4 bridgehead atoms. The number of nitrogens with zero attached hydrogens (tertiary/aromatic N) is 2. The minimum Gasteiger partial charge on any atom is -0.352 e. The number of amides is 2. The van der Waals surface area contributed by atoms with E-state index in [0.717, 1.165) is 54.0 Å². The first-order valence-electron chi connectivity index (χ1n) is 13.3. The van der Waals surface area contributed by atoms with Crippen LogP contribution in [0, 0.1) is 23.2 Å². The van der Waals surface area contributed by atoms with Crippen LogP contribution < -0.4 is 10.6 Å². The molecule has 4 aliphatic rings. The number of aromatic nitrogens is 2. The van der Waals surface area contributed by atoms with Gasteiger partial charge in [-0.05, 0) is 92.2 Å². The van der Waals surface area contributed by atoms with Crippen LogP contribution in [0.3, 0.4) is 0 Å². The first-order chi connectivity index (χ1) is 17.6. The molecule has 3 aromatic rings. The van der Waals surface area contributed by atoms with E-state index in [1.807, 2.05) is 71.5 Å². The Bertz CT molecular complexity index is 1200. The van der Waals surface area contributed by atoms with E-state index in [1.54, 1.807) is 0 Å². The van der Waals surface area contributed by atoms with Gasteiger partial charge in [0, 0.05) is 36.7 Å². The first-order valence-corrected chi connectivity index (χ1v) is 13.3. The molecule has 6 nitrogen and oxygen atoms in total. The van der Waals surface area contributed by atoms with Crippen LogP contribution in [0.2, 0.25) is 0 Å². The van der Waals surface area contributed by atoms with Gasteiger partial charge in [0.05, 0.1) is 11.4 Å². The summed E-state index contributed by atoms with van der Waals surface area (Å²) in [5, 5.41) is 10.8. The fraction of sp³-hybridized carbons (Fsp3) is 0.433. The first kappa shape index (κ1) is 23.0. The Kier molecular flexibility index (Phi) is 6.12. The summed E-state index contributed by atoms with van der Waals surface area (Å²) in [6, 6.07) is 19.5. The monoisotopic (exact) mass is 482 g/mol. The highest BCUT2D eigenvalue weighted by atomic mass is 16.2. The fourth-order valence-electron chi connectivity index (χ4n) is 7.16. The van der Waals surface area contributed by atoms with E-state index in [4.69, 9.17) is 0 Å². The van der Waals surface area contributed by atoms with Crippen LogP contribution in [0.4, 0.5) is 0 Å². The van der Waals surface area contributed by atoms with Crippen molar-refractivity contribution in [2.24, 2.45) is 23.2 Å². The third-order valence-electron chi connectivity index (χ3n) is 8.52. The van der Waals surface area contributed by atoms with Gasteiger partial charge < -0.3 is 10.6 Å². The molecule has 0 unspecified atom stereocenters. The second kappa shape index (κ2) is 9.57. The molecular formula is C30H34N4O2. The molecule has 4 fully saturated rings. The summed E-state index contributed by atoms with van der Waals surface area (Å²) in [7, 11) is 0. The van der Waals surface area contributed by atoms with E-state index in [-0.39, 0.29) is 17.2 Å². The van der Waals surface area contributed by atoms with Gasteiger partial charge >= 0.3 is 0 Å². The third kappa shape index (κ3) is 4.69. The molecule has 2 aromatic carbocycles. The van der Waals surface area contributed by atoms with Crippen molar-refractivity contribution in [3.63, 3.8) is 0 Å². The van der Waals surface area contributed by atoms with E-state index in [1.165, 1.54) is 19.3 Å². The molecule has 0 aliphatic heterocycles. The second-order valence-electron chi connectivity index (χ2n) is 11.2. The Labute approximate surface area is 212 Å². The van der Waals surface area contributed by atoms with Crippen LogP contribution in [0.1, 0.15) is 60.1 Å². The maximum atomic E-state index is 13.2. The lowest BCUT2D eigenvalue weighted by Crippen LogP contribution is -2.53. The minimum atomic E-state index is -0.120. The summed E-state index contributed by atoms with van der Waals surface area (Å²) in [6.45, 7) is 1.04. The standard InChI is InChI=1S/C30H34N4O2/c35-28(31-12-10-26-11-13-34(33-26)27-4-2-1-3-5-27)25-8-6-21(7-9-25)20-32-29(36)30-17-22-14-23(18-30)16-24(15-22)19-30/h1-9,11,13,22-24H,10,12,14-20H2,(H,31,35)(H,32,36). The van der Waals surface area contributed by atoms with E-state index in [0.29, 0.717) is 25.1 Å². The van der Waals surface area contributed by atoms with Gasteiger partial charge in [-0.2, -0.15) is 5.10 Å². The smallest absolute Gasteiger partial charge is 0.251 e. The van der Waals surface area contributed by atoms with Gasteiger partial charge in [-0.3, -0.25) is 9.59 Å². The van der Waals surface area contributed by atoms with Crippen LogP contribution in [-0.2, 0) is 17.8 Å². The lowest BCUT2D eigenvalue weighted by atomic mass is 9.49. The molecule has 1 heterocycles. The number of para-hydroxylation sites is 1. The zero-order valence-electron chi connectivity index (χ0n) is 20.7. The van der Waals surface area contributed by atoms with E-state index < -0.39 is 0 Å². The van der Waals surface area contributed by atoms with Gasteiger partial charge in [-0.25, -0.2) is 4.68 Å². The zero-order valence-corrected chi connectivity index (χ0v) is 20.7. The molecule has 6 heteroatoms. The summed E-state index contributed by atoms with van der Waals surface area (Å²) in [4.78, 5) is 25.8. The lowest BCUT2D eigenvalue weighted by molar-refractivity contribution is -0.146. The Morgan fingerprint density at radius 3 is 2.19 bits per heavy atom. The van der Waals surface area contributed by atoms with E-state index in [2.05, 4.69) is 15.7 Å². The molecule has 0 radical (unpaired) electrons. The minimum absolute atomic E-state index is 0.0957. The van der Waals surface area contributed by atoms with Crippen LogP contribution in [0.15, 0.2) is 66.9 Å². The highest BCUT2D eigenvalue weighted by molar-refractivity contribution is 5.94. The topological polar surface area (TPSA) is 76.0 Å². The van der Waals surface area contributed by atoms with E-state index in [9.17, 15) is 9.59 Å². The summed E-state index contributed by atoms with van der Waals surface area (Å²) in [6.07, 6.45) is 9.86.